The summed E-state index contributed by atoms with van der Waals surface area (Å²) in [5.74, 6) is 1.29. The number of para-hydroxylation sites is 1. The molecule has 0 aliphatic rings. The molecule has 0 N–H and O–H groups in total. The predicted molar refractivity (Wildman–Crippen MR) is 144 cm³/mol. The summed E-state index contributed by atoms with van der Waals surface area (Å²) in [6.45, 7) is 1.97. The summed E-state index contributed by atoms with van der Waals surface area (Å²) in [6, 6.07) is 21.8. The van der Waals surface area contributed by atoms with E-state index < -0.39 is 22.4 Å². The van der Waals surface area contributed by atoms with Crippen LogP contribution in [0.2, 0.25) is 0 Å². The molecular weight excluding hydrogens is 581 g/mol. The predicted octanol–water partition coefficient (Wildman–Crippen LogP) is 9.11. The van der Waals surface area contributed by atoms with Gasteiger partial charge in [-0.05, 0) is 89.1 Å². The molecule has 0 amide bonds. The highest BCUT2D eigenvalue weighted by molar-refractivity contribution is 9.10. The van der Waals surface area contributed by atoms with Gasteiger partial charge in [-0.1, -0.05) is 18.2 Å². The molecule has 4 aromatic rings. The van der Waals surface area contributed by atoms with Gasteiger partial charge >= 0.3 is 11.9 Å². The summed E-state index contributed by atoms with van der Waals surface area (Å²) in [7, 11) is 0. The van der Waals surface area contributed by atoms with Crippen LogP contribution in [0, 0.1) is 10.1 Å². The molecule has 0 aliphatic carbocycles. The van der Waals surface area contributed by atoms with Gasteiger partial charge < -0.3 is 14.2 Å². The highest BCUT2D eigenvalue weighted by Crippen LogP contribution is 2.43. The third-order valence-corrected chi connectivity index (χ3v) is 5.79. The second-order valence-electron chi connectivity index (χ2n) is 7.97. The minimum absolute atomic E-state index is 0.0688. The fourth-order valence-electron chi connectivity index (χ4n) is 3.43. The molecule has 0 atom stereocenters. The van der Waals surface area contributed by atoms with Gasteiger partial charge in [0.1, 0.15) is 11.5 Å². The van der Waals surface area contributed by atoms with E-state index in [1.54, 1.807) is 49.5 Å². The molecular formula is C28H20BrF3N2O5. The monoisotopic (exact) mass is 600 g/mol. The summed E-state index contributed by atoms with van der Waals surface area (Å²) in [5.41, 5.74) is -0.712. The average molecular weight is 601 g/mol. The summed E-state index contributed by atoms with van der Waals surface area (Å²) in [4.78, 5) is 15.0. The second-order valence-corrected chi connectivity index (χ2v) is 8.82. The van der Waals surface area contributed by atoms with E-state index in [1.165, 1.54) is 0 Å². The van der Waals surface area contributed by atoms with Crippen LogP contribution in [0.5, 0.6) is 28.7 Å². The molecule has 0 heterocycles. The maximum absolute atomic E-state index is 13.1. The Labute approximate surface area is 229 Å². The van der Waals surface area contributed by atoms with Crippen LogP contribution in [0.3, 0.4) is 0 Å². The Balaban J connectivity index is 1.57. The highest BCUT2D eigenvalue weighted by Gasteiger charge is 2.33. The molecule has 0 unspecified atom stereocenters. The van der Waals surface area contributed by atoms with Crippen molar-refractivity contribution >= 4 is 33.5 Å². The van der Waals surface area contributed by atoms with Crippen LogP contribution in [0.4, 0.5) is 24.5 Å². The van der Waals surface area contributed by atoms with E-state index in [4.69, 9.17) is 14.2 Å². The van der Waals surface area contributed by atoms with Crippen molar-refractivity contribution in [1.82, 2.24) is 0 Å². The van der Waals surface area contributed by atoms with Crippen molar-refractivity contribution < 1.29 is 32.3 Å². The first kappa shape index (κ1) is 27.6. The molecule has 200 valence electrons. The Hall–Kier alpha value is -4.38. The Bertz CT molecular complexity index is 1490. The van der Waals surface area contributed by atoms with Crippen molar-refractivity contribution in [1.29, 1.82) is 0 Å². The number of nitro benzene ring substituents is 1. The molecule has 0 aliphatic heterocycles. The smallest absolute Gasteiger partial charge is 0.416 e. The minimum Gasteiger partial charge on any atom is -0.490 e. The first-order chi connectivity index (χ1) is 18.6. The zero-order valence-corrected chi connectivity index (χ0v) is 21.9. The molecule has 11 heteroatoms. The van der Waals surface area contributed by atoms with Gasteiger partial charge in [-0.15, -0.1) is 0 Å². The summed E-state index contributed by atoms with van der Waals surface area (Å²) in [5, 5.41) is 11.5. The average Bonchev–Trinajstić information content (AvgIpc) is 2.90. The molecule has 0 spiro atoms. The number of ether oxygens (including phenoxy) is 3. The Morgan fingerprint density at radius 2 is 1.62 bits per heavy atom. The number of hydrogen-bond acceptors (Lipinski definition) is 6. The summed E-state index contributed by atoms with van der Waals surface area (Å²) in [6.07, 6.45) is -3.15. The molecule has 0 bridgehead atoms. The van der Waals surface area contributed by atoms with Gasteiger partial charge in [0.25, 0.3) is 0 Å². The molecule has 7 nitrogen and oxygen atoms in total. The summed E-state index contributed by atoms with van der Waals surface area (Å²) < 4.78 is 56.6. The lowest BCUT2D eigenvalue weighted by Crippen LogP contribution is -2.06. The van der Waals surface area contributed by atoms with E-state index in [2.05, 4.69) is 20.9 Å². The lowest BCUT2D eigenvalue weighted by atomic mass is 10.1. The number of rotatable bonds is 9. The van der Waals surface area contributed by atoms with E-state index in [-0.39, 0.29) is 23.9 Å². The molecule has 0 aromatic heterocycles. The van der Waals surface area contributed by atoms with Crippen molar-refractivity contribution in [2.75, 3.05) is 6.61 Å². The van der Waals surface area contributed by atoms with Gasteiger partial charge in [0.15, 0.2) is 11.5 Å². The lowest BCUT2D eigenvalue weighted by molar-refractivity contribution is -0.385. The molecule has 4 rings (SSSR count). The van der Waals surface area contributed by atoms with Crippen molar-refractivity contribution in [3.63, 3.8) is 0 Å². The van der Waals surface area contributed by atoms with Gasteiger partial charge in [0.2, 0.25) is 5.75 Å². The number of aliphatic imine (C=N–C) groups is 1. The van der Waals surface area contributed by atoms with Crippen molar-refractivity contribution in [2.45, 2.75) is 13.1 Å². The quantitative estimate of drug-likeness (QED) is 0.109. The Morgan fingerprint density at radius 3 is 2.26 bits per heavy atom. The Morgan fingerprint density at radius 1 is 0.923 bits per heavy atom. The lowest BCUT2D eigenvalue weighted by Gasteiger charge is -2.15. The SMILES string of the molecule is CCOc1cc(C=Nc2ccc(Oc3ccccc3)cc2)cc(Br)c1Oc1ccc(C(F)(F)F)cc1[N+](=O)[O-]. The van der Waals surface area contributed by atoms with Crippen molar-refractivity contribution in [2.24, 2.45) is 4.99 Å². The van der Waals surface area contributed by atoms with Crippen LogP contribution in [0.25, 0.3) is 0 Å². The number of hydrogen-bond donors (Lipinski definition) is 0. The van der Waals surface area contributed by atoms with Crippen molar-refractivity contribution in [3.05, 3.63) is 111 Å². The number of alkyl halides is 3. The van der Waals surface area contributed by atoms with E-state index in [0.29, 0.717) is 39.4 Å². The zero-order valence-electron chi connectivity index (χ0n) is 20.3. The second kappa shape index (κ2) is 12.0. The van der Waals surface area contributed by atoms with E-state index in [0.717, 1.165) is 6.07 Å². The minimum atomic E-state index is -4.74. The van der Waals surface area contributed by atoms with E-state index >= 15 is 0 Å². The number of halogens is 4. The molecule has 0 fully saturated rings. The first-order valence-corrected chi connectivity index (χ1v) is 12.3. The molecule has 0 saturated carbocycles. The van der Waals surface area contributed by atoms with Crippen molar-refractivity contribution in [3.8, 4) is 28.7 Å². The highest BCUT2D eigenvalue weighted by atomic mass is 79.9. The topological polar surface area (TPSA) is 83.2 Å². The first-order valence-electron chi connectivity index (χ1n) is 11.5. The maximum Gasteiger partial charge on any atom is 0.416 e. The van der Waals surface area contributed by atoms with Gasteiger partial charge in [-0.3, -0.25) is 15.1 Å². The maximum atomic E-state index is 13.1. The van der Waals surface area contributed by atoms with Gasteiger partial charge in [0, 0.05) is 12.3 Å². The molecule has 0 saturated heterocycles. The normalized spacial score (nSPS) is 11.4. The summed E-state index contributed by atoms with van der Waals surface area (Å²) >= 11 is 3.37. The third kappa shape index (κ3) is 7.14. The van der Waals surface area contributed by atoms with Gasteiger partial charge in [0.05, 0.1) is 27.3 Å². The fraction of sp³-hybridized carbons (Fsp3) is 0.107. The van der Waals surface area contributed by atoms with Crippen LogP contribution in [-0.4, -0.2) is 17.7 Å². The van der Waals surface area contributed by atoms with Crippen LogP contribution in [-0.2, 0) is 6.18 Å². The van der Waals surface area contributed by atoms with E-state index in [1.807, 2.05) is 30.3 Å². The Kier molecular flexibility index (Phi) is 8.50. The number of nitro groups is 1. The van der Waals surface area contributed by atoms with Crippen LogP contribution in [0.15, 0.2) is 94.4 Å². The number of benzene rings is 4. The standard InChI is InChI=1S/C28H20BrF3N2O5/c1-2-37-26-15-18(17-33-20-9-11-22(12-10-20)38-21-6-4-3-5-7-21)14-23(29)27(26)39-25-13-8-19(28(30,31)32)16-24(25)34(35)36/h3-17H,2H2,1H3. The van der Waals surface area contributed by atoms with Crippen LogP contribution < -0.4 is 14.2 Å². The molecule has 39 heavy (non-hydrogen) atoms. The van der Waals surface area contributed by atoms with E-state index in [9.17, 15) is 23.3 Å². The molecule has 4 aromatic carbocycles. The van der Waals surface area contributed by atoms with Gasteiger partial charge in [-0.2, -0.15) is 13.2 Å². The zero-order chi connectivity index (χ0) is 28.0. The number of nitrogens with zero attached hydrogens (tertiary/aromatic N) is 2. The van der Waals surface area contributed by atoms with Crippen LogP contribution >= 0.6 is 15.9 Å². The van der Waals surface area contributed by atoms with Gasteiger partial charge in [-0.25, -0.2) is 0 Å². The fourth-order valence-corrected chi connectivity index (χ4v) is 3.97. The largest absolute Gasteiger partial charge is 0.490 e. The van der Waals surface area contributed by atoms with Crippen LogP contribution in [0.1, 0.15) is 18.1 Å². The molecule has 0 radical (unpaired) electrons. The third-order valence-electron chi connectivity index (χ3n) is 5.20.